The first-order valence-corrected chi connectivity index (χ1v) is 6.87. The van der Waals surface area contributed by atoms with Gasteiger partial charge in [0.2, 0.25) is 0 Å². The Morgan fingerprint density at radius 1 is 1.14 bits per heavy atom. The van der Waals surface area contributed by atoms with Crippen LogP contribution in [0.25, 0.3) is 0 Å². The number of methoxy groups -OCH3 is 1. The molecule has 2 amide bonds. The summed E-state index contributed by atoms with van der Waals surface area (Å²) in [6, 6.07) is 8.23. The van der Waals surface area contributed by atoms with Gasteiger partial charge in [0.1, 0.15) is 11.4 Å². The van der Waals surface area contributed by atoms with E-state index in [0.717, 1.165) is 4.47 Å². The molecular formula is C14H14BrN3O3. The minimum Gasteiger partial charge on any atom is -0.497 e. The van der Waals surface area contributed by atoms with Crippen LogP contribution in [0.3, 0.4) is 0 Å². The van der Waals surface area contributed by atoms with Crippen LogP contribution in [-0.4, -0.2) is 23.5 Å². The number of amides is 2. The van der Waals surface area contributed by atoms with Gasteiger partial charge in [0.05, 0.1) is 7.11 Å². The Hall–Kier alpha value is -2.28. The Kier molecular flexibility index (Phi) is 4.64. The van der Waals surface area contributed by atoms with Gasteiger partial charge in [0, 0.05) is 23.3 Å². The molecule has 0 aliphatic carbocycles. The molecule has 0 aliphatic rings. The second-order valence-electron chi connectivity index (χ2n) is 4.29. The molecule has 2 aromatic rings. The number of rotatable bonds is 3. The quantitative estimate of drug-likeness (QED) is 0.829. The molecule has 7 heteroatoms. The highest BCUT2D eigenvalue weighted by atomic mass is 79.9. The standard InChI is InChI=1S/C14H14BrN3O3/c1-18-8-10(15)7-12(18)14(20)17-16-13(19)9-3-5-11(21-2)6-4-9/h3-8H,1-2H3,(H,16,19)(H,17,20). The maximum Gasteiger partial charge on any atom is 0.286 e. The van der Waals surface area contributed by atoms with Crippen molar-refractivity contribution in [2.24, 2.45) is 7.05 Å². The molecule has 0 bridgehead atoms. The normalized spacial score (nSPS) is 10.0. The lowest BCUT2D eigenvalue weighted by molar-refractivity contribution is 0.0842. The molecule has 1 aromatic heterocycles. The summed E-state index contributed by atoms with van der Waals surface area (Å²) in [7, 11) is 3.29. The largest absolute Gasteiger partial charge is 0.497 e. The van der Waals surface area contributed by atoms with Crippen LogP contribution in [0.1, 0.15) is 20.8 Å². The number of hydrogen-bond acceptors (Lipinski definition) is 3. The summed E-state index contributed by atoms with van der Waals surface area (Å²) in [5.41, 5.74) is 5.58. The molecule has 0 spiro atoms. The minimum absolute atomic E-state index is 0.398. The van der Waals surface area contributed by atoms with E-state index in [-0.39, 0.29) is 0 Å². The Labute approximate surface area is 130 Å². The van der Waals surface area contributed by atoms with E-state index in [0.29, 0.717) is 17.0 Å². The molecule has 6 nitrogen and oxygen atoms in total. The van der Waals surface area contributed by atoms with E-state index in [1.807, 2.05) is 0 Å². The van der Waals surface area contributed by atoms with Crippen LogP contribution in [0.4, 0.5) is 0 Å². The summed E-state index contributed by atoms with van der Waals surface area (Å²) in [6.45, 7) is 0. The summed E-state index contributed by atoms with van der Waals surface area (Å²) < 4.78 is 7.45. The van der Waals surface area contributed by atoms with Crippen LogP contribution in [0, 0.1) is 0 Å². The molecule has 2 N–H and O–H groups in total. The molecule has 1 aromatic carbocycles. The van der Waals surface area contributed by atoms with Gasteiger partial charge < -0.3 is 9.30 Å². The summed E-state index contributed by atoms with van der Waals surface area (Å²) in [5, 5.41) is 0. The highest BCUT2D eigenvalue weighted by Crippen LogP contribution is 2.13. The molecule has 0 unspecified atom stereocenters. The number of benzene rings is 1. The number of aromatic nitrogens is 1. The van der Waals surface area contributed by atoms with Crippen molar-refractivity contribution in [1.29, 1.82) is 0 Å². The highest BCUT2D eigenvalue weighted by molar-refractivity contribution is 9.10. The number of hydrazine groups is 1. The highest BCUT2D eigenvalue weighted by Gasteiger charge is 2.12. The van der Waals surface area contributed by atoms with Crippen molar-refractivity contribution in [2.45, 2.75) is 0 Å². The van der Waals surface area contributed by atoms with Gasteiger partial charge in [-0.2, -0.15) is 0 Å². The van der Waals surface area contributed by atoms with Crippen LogP contribution in [-0.2, 0) is 7.05 Å². The number of nitrogens with one attached hydrogen (secondary N) is 2. The third-order valence-corrected chi connectivity index (χ3v) is 3.28. The van der Waals surface area contributed by atoms with E-state index < -0.39 is 11.8 Å². The molecule has 110 valence electrons. The van der Waals surface area contributed by atoms with E-state index >= 15 is 0 Å². The number of halogens is 1. The van der Waals surface area contributed by atoms with Crippen molar-refractivity contribution < 1.29 is 14.3 Å². The van der Waals surface area contributed by atoms with E-state index in [2.05, 4.69) is 26.8 Å². The number of ether oxygens (including phenoxy) is 1. The van der Waals surface area contributed by atoms with Crippen LogP contribution in [0.2, 0.25) is 0 Å². The molecule has 0 atom stereocenters. The Balaban J connectivity index is 1.97. The van der Waals surface area contributed by atoms with Gasteiger partial charge in [-0.15, -0.1) is 0 Å². The number of aryl methyl sites for hydroxylation is 1. The predicted octanol–water partition coefficient (Wildman–Crippen LogP) is 1.87. The van der Waals surface area contributed by atoms with Crippen molar-refractivity contribution in [3.8, 4) is 5.75 Å². The van der Waals surface area contributed by atoms with Crippen molar-refractivity contribution in [3.05, 3.63) is 52.3 Å². The second kappa shape index (κ2) is 6.45. The van der Waals surface area contributed by atoms with Gasteiger partial charge in [0.15, 0.2) is 0 Å². The third kappa shape index (κ3) is 3.63. The SMILES string of the molecule is COc1ccc(C(=O)NNC(=O)c2cc(Br)cn2C)cc1. The number of nitrogens with zero attached hydrogens (tertiary/aromatic N) is 1. The molecular weight excluding hydrogens is 338 g/mol. The maximum atomic E-state index is 11.9. The van der Waals surface area contributed by atoms with Gasteiger partial charge in [-0.3, -0.25) is 20.4 Å². The summed E-state index contributed by atoms with van der Waals surface area (Å²) in [5.74, 6) is -0.145. The maximum absolute atomic E-state index is 11.9. The molecule has 0 aliphatic heterocycles. The molecule has 2 rings (SSSR count). The van der Waals surface area contributed by atoms with Crippen LogP contribution >= 0.6 is 15.9 Å². The lowest BCUT2D eigenvalue weighted by atomic mass is 10.2. The van der Waals surface area contributed by atoms with Gasteiger partial charge in [0.25, 0.3) is 11.8 Å². The predicted molar refractivity (Wildman–Crippen MR) is 81.0 cm³/mol. The lowest BCUT2D eigenvalue weighted by Crippen LogP contribution is -2.42. The van der Waals surface area contributed by atoms with E-state index in [1.165, 1.54) is 0 Å². The summed E-state index contributed by atoms with van der Waals surface area (Å²) in [6.07, 6.45) is 1.75. The topological polar surface area (TPSA) is 72.4 Å². The van der Waals surface area contributed by atoms with Crippen molar-refractivity contribution in [3.63, 3.8) is 0 Å². The van der Waals surface area contributed by atoms with Gasteiger partial charge in [-0.05, 0) is 46.3 Å². The monoisotopic (exact) mass is 351 g/mol. The van der Waals surface area contributed by atoms with E-state index in [9.17, 15) is 9.59 Å². The molecule has 0 saturated heterocycles. The van der Waals surface area contributed by atoms with Crippen LogP contribution in [0.15, 0.2) is 41.0 Å². The van der Waals surface area contributed by atoms with E-state index in [1.54, 1.807) is 55.3 Å². The summed E-state index contributed by atoms with van der Waals surface area (Å²) >= 11 is 3.28. The van der Waals surface area contributed by atoms with Gasteiger partial charge >= 0.3 is 0 Å². The Morgan fingerprint density at radius 3 is 2.29 bits per heavy atom. The van der Waals surface area contributed by atoms with Crippen molar-refractivity contribution in [2.75, 3.05) is 7.11 Å². The first-order chi connectivity index (χ1) is 10.0. The number of carbonyl (C=O) groups is 2. The Bertz CT molecular complexity index is 665. The average Bonchev–Trinajstić information content (AvgIpc) is 2.83. The fourth-order valence-electron chi connectivity index (χ4n) is 1.74. The second-order valence-corrected chi connectivity index (χ2v) is 5.21. The number of carbonyl (C=O) groups excluding carboxylic acids is 2. The minimum atomic E-state index is -0.403. The zero-order valence-electron chi connectivity index (χ0n) is 11.5. The van der Waals surface area contributed by atoms with Crippen LogP contribution < -0.4 is 15.6 Å². The zero-order chi connectivity index (χ0) is 15.4. The van der Waals surface area contributed by atoms with Crippen LogP contribution in [0.5, 0.6) is 5.75 Å². The van der Waals surface area contributed by atoms with Crippen molar-refractivity contribution in [1.82, 2.24) is 15.4 Å². The lowest BCUT2D eigenvalue weighted by Gasteiger charge is -2.08. The average molecular weight is 352 g/mol. The van der Waals surface area contributed by atoms with E-state index in [4.69, 9.17) is 4.74 Å². The molecule has 21 heavy (non-hydrogen) atoms. The van der Waals surface area contributed by atoms with Gasteiger partial charge in [-0.25, -0.2) is 0 Å². The first-order valence-electron chi connectivity index (χ1n) is 6.08. The molecule has 0 fully saturated rings. The first kappa shape index (κ1) is 15.1. The smallest absolute Gasteiger partial charge is 0.286 e. The number of hydrogen-bond donors (Lipinski definition) is 2. The molecule has 1 heterocycles. The fourth-order valence-corrected chi connectivity index (χ4v) is 2.27. The summed E-state index contributed by atoms with van der Waals surface area (Å²) in [4.78, 5) is 23.8. The van der Waals surface area contributed by atoms with Crippen molar-refractivity contribution >= 4 is 27.7 Å². The molecule has 0 radical (unpaired) electrons. The third-order valence-electron chi connectivity index (χ3n) is 2.85. The fraction of sp³-hybridized carbons (Fsp3) is 0.143. The molecule has 0 saturated carbocycles. The Morgan fingerprint density at radius 2 is 1.76 bits per heavy atom. The van der Waals surface area contributed by atoms with Gasteiger partial charge in [-0.1, -0.05) is 0 Å². The zero-order valence-corrected chi connectivity index (χ0v) is 13.1.